The van der Waals surface area contributed by atoms with E-state index >= 15 is 0 Å². The van der Waals surface area contributed by atoms with Crippen molar-refractivity contribution in [1.82, 2.24) is 5.32 Å². The largest absolute Gasteiger partial charge is 0.465 e. The maximum Gasteiger partial charge on any atom is 0.339 e. The first-order valence-electron chi connectivity index (χ1n) is 6.59. The Bertz CT molecular complexity index is 534. The first-order chi connectivity index (χ1) is 10.1. The van der Waals surface area contributed by atoms with Gasteiger partial charge in [0.05, 0.1) is 30.9 Å². The van der Waals surface area contributed by atoms with Gasteiger partial charge in [0.25, 0.3) is 0 Å². The average molecular weight is 349 g/mol. The van der Waals surface area contributed by atoms with E-state index in [0.717, 1.165) is 6.54 Å². The van der Waals surface area contributed by atoms with Gasteiger partial charge >= 0.3 is 5.97 Å². The SMILES string of the molecule is COC(=O)c1ccc(NC(=O)CC2COCCN2)cc1Cl.Cl. The van der Waals surface area contributed by atoms with Crippen molar-refractivity contribution in [3.05, 3.63) is 28.8 Å². The standard InChI is InChI=1S/C14H17ClN2O4.ClH/c1-20-14(19)11-3-2-9(6-12(11)15)17-13(18)7-10-8-21-5-4-16-10;/h2-3,6,10,16H,4-5,7-8H2,1H3,(H,17,18);1H. The Hall–Kier alpha value is -1.34. The van der Waals surface area contributed by atoms with Gasteiger partial charge in [-0.1, -0.05) is 11.6 Å². The van der Waals surface area contributed by atoms with Crippen molar-refractivity contribution < 1.29 is 19.1 Å². The summed E-state index contributed by atoms with van der Waals surface area (Å²) in [5.41, 5.74) is 0.800. The second-order valence-electron chi connectivity index (χ2n) is 4.66. The molecule has 1 atom stereocenters. The van der Waals surface area contributed by atoms with E-state index in [1.807, 2.05) is 0 Å². The highest BCUT2D eigenvalue weighted by Gasteiger charge is 2.17. The number of amides is 1. The van der Waals surface area contributed by atoms with Crippen LogP contribution in [0.25, 0.3) is 0 Å². The van der Waals surface area contributed by atoms with Crippen LogP contribution in [0.3, 0.4) is 0 Å². The lowest BCUT2D eigenvalue weighted by molar-refractivity contribution is -0.117. The minimum absolute atomic E-state index is 0. The van der Waals surface area contributed by atoms with Crippen LogP contribution in [0.5, 0.6) is 0 Å². The van der Waals surface area contributed by atoms with Gasteiger partial charge in [0.1, 0.15) is 0 Å². The van der Waals surface area contributed by atoms with Crippen molar-refractivity contribution in [1.29, 1.82) is 0 Å². The Morgan fingerprint density at radius 3 is 2.86 bits per heavy atom. The molecule has 1 aromatic carbocycles. The van der Waals surface area contributed by atoms with E-state index in [0.29, 0.717) is 25.3 Å². The molecule has 0 aromatic heterocycles. The Balaban J connectivity index is 0.00000242. The molecule has 8 heteroatoms. The van der Waals surface area contributed by atoms with Crippen LogP contribution in [0.2, 0.25) is 5.02 Å². The summed E-state index contributed by atoms with van der Waals surface area (Å²) in [6, 6.07) is 4.67. The van der Waals surface area contributed by atoms with Crippen molar-refractivity contribution >= 4 is 41.6 Å². The number of hydrogen-bond acceptors (Lipinski definition) is 5. The molecule has 0 radical (unpaired) electrons. The van der Waals surface area contributed by atoms with Gasteiger partial charge in [0.15, 0.2) is 0 Å². The summed E-state index contributed by atoms with van der Waals surface area (Å²) in [4.78, 5) is 23.3. The lowest BCUT2D eigenvalue weighted by atomic mass is 10.1. The van der Waals surface area contributed by atoms with E-state index in [-0.39, 0.29) is 34.9 Å². The molecule has 1 unspecified atom stereocenters. The number of nitrogens with one attached hydrogen (secondary N) is 2. The summed E-state index contributed by atoms with van der Waals surface area (Å²) < 4.78 is 9.90. The third kappa shape index (κ3) is 5.14. The Labute approximate surface area is 139 Å². The predicted octanol–water partition coefficient (Wildman–Crippen LogP) is 1.87. The first kappa shape index (κ1) is 18.7. The van der Waals surface area contributed by atoms with Crippen LogP contribution in [-0.4, -0.2) is 44.8 Å². The molecule has 2 N–H and O–H groups in total. The fourth-order valence-electron chi connectivity index (χ4n) is 2.06. The maximum absolute atomic E-state index is 11.9. The summed E-state index contributed by atoms with van der Waals surface area (Å²) in [6.45, 7) is 1.94. The number of morpholine rings is 1. The van der Waals surface area contributed by atoms with Crippen LogP contribution in [0, 0.1) is 0 Å². The van der Waals surface area contributed by atoms with E-state index in [2.05, 4.69) is 15.4 Å². The summed E-state index contributed by atoms with van der Waals surface area (Å²) in [5, 5.41) is 6.18. The Morgan fingerprint density at radius 2 is 2.27 bits per heavy atom. The highest BCUT2D eigenvalue weighted by atomic mass is 35.5. The minimum Gasteiger partial charge on any atom is -0.465 e. The van der Waals surface area contributed by atoms with Crippen LogP contribution in [0.1, 0.15) is 16.8 Å². The van der Waals surface area contributed by atoms with E-state index in [1.165, 1.54) is 19.2 Å². The van der Waals surface area contributed by atoms with Crippen molar-refractivity contribution in [3.63, 3.8) is 0 Å². The zero-order chi connectivity index (χ0) is 15.2. The number of carbonyl (C=O) groups is 2. The van der Waals surface area contributed by atoms with Crippen molar-refractivity contribution in [2.45, 2.75) is 12.5 Å². The molecule has 1 amide bonds. The number of ether oxygens (including phenoxy) is 2. The van der Waals surface area contributed by atoms with Gasteiger partial charge in [0, 0.05) is 24.7 Å². The number of anilines is 1. The van der Waals surface area contributed by atoms with Gasteiger partial charge in [-0.05, 0) is 18.2 Å². The fraction of sp³-hybridized carbons (Fsp3) is 0.429. The minimum atomic E-state index is -0.513. The van der Waals surface area contributed by atoms with Crippen LogP contribution >= 0.6 is 24.0 Å². The number of halogens is 2. The van der Waals surface area contributed by atoms with E-state index in [4.69, 9.17) is 16.3 Å². The monoisotopic (exact) mass is 348 g/mol. The molecule has 2 rings (SSSR count). The zero-order valence-corrected chi connectivity index (χ0v) is 13.6. The lowest BCUT2D eigenvalue weighted by Crippen LogP contribution is -2.43. The molecule has 22 heavy (non-hydrogen) atoms. The second kappa shape index (κ2) is 8.95. The highest BCUT2D eigenvalue weighted by molar-refractivity contribution is 6.33. The Kier molecular flexibility index (Phi) is 7.61. The molecule has 1 aliphatic heterocycles. The number of benzene rings is 1. The van der Waals surface area contributed by atoms with Gasteiger partial charge in [-0.15, -0.1) is 12.4 Å². The molecule has 1 saturated heterocycles. The first-order valence-corrected chi connectivity index (χ1v) is 6.97. The van der Waals surface area contributed by atoms with Crippen LogP contribution < -0.4 is 10.6 Å². The predicted molar refractivity (Wildman–Crippen MR) is 85.9 cm³/mol. The molecule has 1 fully saturated rings. The molecule has 1 heterocycles. The second-order valence-corrected chi connectivity index (χ2v) is 5.07. The molecule has 1 aromatic rings. The molecule has 1 aliphatic rings. The van der Waals surface area contributed by atoms with Crippen LogP contribution in [0.15, 0.2) is 18.2 Å². The number of hydrogen-bond donors (Lipinski definition) is 2. The lowest BCUT2D eigenvalue weighted by Gasteiger charge is -2.23. The third-order valence-electron chi connectivity index (χ3n) is 3.09. The van der Waals surface area contributed by atoms with Crippen molar-refractivity contribution in [2.75, 3.05) is 32.2 Å². The summed E-state index contributed by atoms with van der Waals surface area (Å²) in [6.07, 6.45) is 0.316. The molecular weight excluding hydrogens is 331 g/mol. The highest BCUT2D eigenvalue weighted by Crippen LogP contribution is 2.22. The maximum atomic E-state index is 11.9. The van der Waals surface area contributed by atoms with Gasteiger partial charge < -0.3 is 20.1 Å². The quantitative estimate of drug-likeness (QED) is 0.812. The number of methoxy groups -OCH3 is 1. The molecule has 0 bridgehead atoms. The van der Waals surface area contributed by atoms with E-state index < -0.39 is 5.97 Å². The van der Waals surface area contributed by atoms with Gasteiger partial charge in [-0.2, -0.15) is 0 Å². The van der Waals surface area contributed by atoms with E-state index in [1.54, 1.807) is 6.07 Å². The van der Waals surface area contributed by atoms with Crippen molar-refractivity contribution in [2.24, 2.45) is 0 Å². The summed E-state index contributed by atoms with van der Waals surface area (Å²) >= 11 is 5.99. The van der Waals surface area contributed by atoms with Crippen LogP contribution in [-0.2, 0) is 14.3 Å². The van der Waals surface area contributed by atoms with Crippen molar-refractivity contribution in [3.8, 4) is 0 Å². The normalized spacial score (nSPS) is 17.3. The van der Waals surface area contributed by atoms with Gasteiger partial charge in [-0.3, -0.25) is 4.79 Å². The molecule has 122 valence electrons. The molecule has 0 spiro atoms. The Morgan fingerprint density at radius 1 is 1.50 bits per heavy atom. The topological polar surface area (TPSA) is 76.7 Å². The molecule has 6 nitrogen and oxygen atoms in total. The number of carbonyl (C=O) groups excluding carboxylic acids is 2. The van der Waals surface area contributed by atoms with Gasteiger partial charge in [-0.25, -0.2) is 4.79 Å². The van der Waals surface area contributed by atoms with Crippen LogP contribution in [0.4, 0.5) is 5.69 Å². The smallest absolute Gasteiger partial charge is 0.339 e. The molecule has 0 saturated carbocycles. The zero-order valence-electron chi connectivity index (χ0n) is 12.1. The number of esters is 1. The number of rotatable bonds is 4. The summed E-state index contributed by atoms with van der Waals surface area (Å²) in [5.74, 6) is -0.652. The molecular formula is C14H18Cl2N2O4. The fourth-order valence-corrected chi connectivity index (χ4v) is 2.31. The average Bonchev–Trinajstić information content (AvgIpc) is 2.47. The van der Waals surface area contributed by atoms with Gasteiger partial charge in [0.2, 0.25) is 5.91 Å². The molecule has 0 aliphatic carbocycles. The summed E-state index contributed by atoms with van der Waals surface area (Å²) in [7, 11) is 1.29. The van der Waals surface area contributed by atoms with E-state index in [9.17, 15) is 9.59 Å². The third-order valence-corrected chi connectivity index (χ3v) is 3.40.